The van der Waals surface area contributed by atoms with E-state index in [9.17, 15) is 4.39 Å². The molecule has 1 saturated carbocycles. The molecule has 1 N–H and O–H groups in total. The van der Waals surface area contributed by atoms with Crippen LogP contribution in [-0.2, 0) is 0 Å². The van der Waals surface area contributed by atoms with Gasteiger partial charge in [-0.3, -0.25) is 0 Å². The molecule has 0 amide bonds. The van der Waals surface area contributed by atoms with Gasteiger partial charge in [-0.15, -0.1) is 10.2 Å². The van der Waals surface area contributed by atoms with Gasteiger partial charge in [0.15, 0.2) is 0 Å². The molecule has 1 aliphatic heterocycles. The number of hydrogen-bond acceptors (Lipinski definition) is 4. The molecule has 1 aliphatic carbocycles. The molecule has 1 spiro atoms. The largest absolute Gasteiger partial charge is 0.368 e. The van der Waals surface area contributed by atoms with Gasteiger partial charge < -0.3 is 10.2 Å². The number of likely N-dealkylation sites (tertiary alicyclic amines) is 1. The lowest BCUT2D eigenvalue weighted by atomic mass is 9.88. The summed E-state index contributed by atoms with van der Waals surface area (Å²) < 4.78 is 13.1. The van der Waals surface area contributed by atoms with E-state index in [1.54, 1.807) is 12.1 Å². The summed E-state index contributed by atoms with van der Waals surface area (Å²) in [5.41, 5.74) is 2.63. The second-order valence-corrected chi connectivity index (χ2v) is 10.1. The van der Waals surface area contributed by atoms with E-state index in [2.05, 4.69) is 41.2 Å². The van der Waals surface area contributed by atoms with Crippen LogP contribution < -0.4 is 5.32 Å². The number of hydrogen-bond donors (Lipinski definition) is 1. The molecule has 1 aromatic carbocycles. The number of halogens is 1. The Balaban J connectivity index is 1.22. The van der Waals surface area contributed by atoms with E-state index in [1.165, 1.54) is 57.5 Å². The minimum Gasteiger partial charge on any atom is -0.368 e. The van der Waals surface area contributed by atoms with E-state index in [4.69, 9.17) is 0 Å². The fourth-order valence-corrected chi connectivity index (χ4v) is 4.48. The average Bonchev–Trinajstić information content (AvgIpc) is 3.38. The summed E-state index contributed by atoms with van der Waals surface area (Å²) in [6.45, 7) is 11.7. The maximum absolute atomic E-state index is 13.1. The Morgan fingerprint density at radius 2 is 1.79 bits per heavy atom. The lowest BCUT2D eigenvalue weighted by Gasteiger charge is -2.34. The molecule has 2 aliphatic rings. The molecule has 1 saturated heterocycles. The lowest BCUT2D eigenvalue weighted by molar-refractivity contribution is 0.147. The van der Waals surface area contributed by atoms with Gasteiger partial charge in [0.2, 0.25) is 0 Å². The Morgan fingerprint density at radius 3 is 2.41 bits per heavy atom. The lowest BCUT2D eigenvalue weighted by Crippen LogP contribution is -2.37. The Morgan fingerprint density at radius 1 is 1.07 bits per heavy atom. The number of anilines is 1. The van der Waals surface area contributed by atoms with Crippen molar-refractivity contribution in [2.24, 2.45) is 16.7 Å². The first kappa shape index (κ1) is 20.3. The predicted molar refractivity (Wildman–Crippen MR) is 116 cm³/mol. The zero-order chi connectivity index (χ0) is 20.5. The van der Waals surface area contributed by atoms with Crippen molar-refractivity contribution in [3.8, 4) is 11.3 Å². The zero-order valence-corrected chi connectivity index (χ0v) is 17.9. The van der Waals surface area contributed by atoms with Crippen molar-refractivity contribution in [2.45, 2.75) is 46.5 Å². The number of aromatic nitrogens is 2. The van der Waals surface area contributed by atoms with Gasteiger partial charge in [0.05, 0.1) is 5.69 Å². The first-order valence-corrected chi connectivity index (χ1v) is 10.9. The van der Waals surface area contributed by atoms with Gasteiger partial charge in [-0.2, -0.15) is 0 Å². The summed E-state index contributed by atoms with van der Waals surface area (Å²) in [6, 6.07) is 10.3. The van der Waals surface area contributed by atoms with Gasteiger partial charge in [0, 0.05) is 12.1 Å². The monoisotopic (exact) mass is 396 g/mol. The van der Waals surface area contributed by atoms with Crippen LogP contribution in [0.2, 0.25) is 0 Å². The Labute approximate surface area is 173 Å². The maximum atomic E-state index is 13.1. The zero-order valence-electron chi connectivity index (χ0n) is 17.9. The molecule has 1 atom stereocenters. The molecule has 2 aromatic rings. The molecule has 0 radical (unpaired) electrons. The van der Waals surface area contributed by atoms with E-state index in [1.807, 2.05) is 12.1 Å². The molecule has 1 unspecified atom stereocenters. The number of nitrogens with zero attached hydrogens (tertiary/aromatic N) is 3. The Bertz CT molecular complexity index is 802. The van der Waals surface area contributed by atoms with Crippen molar-refractivity contribution in [3.05, 3.63) is 42.2 Å². The smallest absolute Gasteiger partial charge is 0.148 e. The molecular weight excluding hydrogens is 363 g/mol. The average molecular weight is 397 g/mol. The highest BCUT2D eigenvalue weighted by atomic mass is 19.1. The molecule has 156 valence electrons. The summed E-state index contributed by atoms with van der Waals surface area (Å²) in [7, 11) is 0. The van der Waals surface area contributed by atoms with Crippen LogP contribution in [0.1, 0.15) is 46.5 Å². The molecule has 0 bridgehead atoms. The van der Waals surface area contributed by atoms with Gasteiger partial charge >= 0.3 is 0 Å². The SMILES string of the molecule is CC(C)(C)CCN1CCC2(CC1)CC2CNc1ccc(-c2ccc(F)cc2)nn1. The molecule has 2 fully saturated rings. The van der Waals surface area contributed by atoms with E-state index in [0.717, 1.165) is 29.5 Å². The predicted octanol–water partition coefficient (Wildman–Crippen LogP) is 5.23. The van der Waals surface area contributed by atoms with Crippen LogP contribution in [-0.4, -0.2) is 41.3 Å². The Hall–Kier alpha value is -2.01. The molecule has 2 heterocycles. The van der Waals surface area contributed by atoms with Crippen LogP contribution in [0, 0.1) is 22.6 Å². The first-order chi connectivity index (χ1) is 13.8. The van der Waals surface area contributed by atoms with Crippen molar-refractivity contribution in [1.82, 2.24) is 15.1 Å². The fraction of sp³-hybridized carbons (Fsp3) is 0.583. The second kappa shape index (κ2) is 8.02. The van der Waals surface area contributed by atoms with Crippen molar-refractivity contribution in [2.75, 3.05) is 31.5 Å². The molecule has 29 heavy (non-hydrogen) atoms. The highest BCUT2D eigenvalue weighted by Gasteiger charge is 2.54. The summed E-state index contributed by atoms with van der Waals surface area (Å²) in [5.74, 6) is 1.34. The van der Waals surface area contributed by atoms with Crippen molar-refractivity contribution in [1.29, 1.82) is 0 Å². The number of benzene rings is 1. The third kappa shape index (κ3) is 5.13. The fourth-order valence-electron chi connectivity index (χ4n) is 4.48. The Kier molecular flexibility index (Phi) is 5.60. The summed E-state index contributed by atoms with van der Waals surface area (Å²) >= 11 is 0. The van der Waals surface area contributed by atoms with E-state index in [-0.39, 0.29) is 5.82 Å². The highest BCUT2D eigenvalue weighted by molar-refractivity contribution is 5.59. The molecule has 1 aromatic heterocycles. The number of nitrogens with one attached hydrogen (secondary N) is 1. The minimum absolute atomic E-state index is 0.238. The normalized spacial score (nSPS) is 21.3. The standard InChI is InChI=1S/C24H33FN4/c1-23(2,3)10-13-29-14-11-24(12-15-29)16-19(24)17-26-22-9-8-21(27-28-22)18-4-6-20(25)7-5-18/h4-9,19H,10-17H2,1-3H3,(H,26,28). The topological polar surface area (TPSA) is 41.0 Å². The van der Waals surface area contributed by atoms with Crippen LogP contribution in [0.25, 0.3) is 11.3 Å². The van der Waals surface area contributed by atoms with Crippen molar-refractivity contribution >= 4 is 5.82 Å². The maximum Gasteiger partial charge on any atom is 0.148 e. The summed E-state index contributed by atoms with van der Waals surface area (Å²) in [5, 5.41) is 12.1. The molecule has 5 heteroatoms. The van der Waals surface area contributed by atoms with Gasteiger partial charge in [0.1, 0.15) is 11.6 Å². The van der Waals surface area contributed by atoms with Crippen LogP contribution in [0.5, 0.6) is 0 Å². The van der Waals surface area contributed by atoms with Crippen LogP contribution in [0.3, 0.4) is 0 Å². The van der Waals surface area contributed by atoms with Crippen LogP contribution >= 0.6 is 0 Å². The first-order valence-electron chi connectivity index (χ1n) is 10.9. The van der Waals surface area contributed by atoms with Crippen molar-refractivity contribution < 1.29 is 4.39 Å². The second-order valence-electron chi connectivity index (χ2n) is 10.1. The van der Waals surface area contributed by atoms with Crippen molar-refractivity contribution in [3.63, 3.8) is 0 Å². The van der Waals surface area contributed by atoms with E-state index < -0.39 is 0 Å². The molecule has 4 nitrogen and oxygen atoms in total. The molecule has 4 rings (SSSR count). The summed E-state index contributed by atoms with van der Waals surface area (Å²) in [4.78, 5) is 2.65. The van der Waals surface area contributed by atoms with Crippen LogP contribution in [0.4, 0.5) is 10.2 Å². The van der Waals surface area contributed by atoms with Gasteiger partial charge in [-0.25, -0.2) is 4.39 Å². The van der Waals surface area contributed by atoms with E-state index >= 15 is 0 Å². The van der Waals surface area contributed by atoms with Crippen LogP contribution in [0.15, 0.2) is 36.4 Å². The third-order valence-electron chi connectivity index (χ3n) is 6.72. The van der Waals surface area contributed by atoms with Gasteiger partial charge in [0.25, 0.3) is 0 Å². The number of piperidine rings is 1. The molecular formula is C24H33FN4. The van der Waals surface area contributed by atoms with Gasteiger partial charge in [-0.1, -0.05) is 20.8 Å². The summed E-state index contributed by atoms with van der Waals surface area (Å²) in [6.07, 6.45) is 5.28. The minimum atomic E-state index is -0.238. The van der Waals surface area contributed by atoms with Gasteiger partial charge in [-0.05, 0) is 98.5 Å². The quantitative estimate of drug-likeness (QED) is 0.726. The highest BCUT2D eigenvalue weighted by Crippen LogP contribution is 2.59. The third-order valence-corrected chi connectivity index (χ3v) is 6.72. The number of rotatable bonds is 6. The van der Waals surface area contributed by atoms with E-state index in [0.29, 0.717) is 10.8 Å².